The monoisotopic (exact) mass is 245 g/mol. The molecule has 5 heteroatoms. The molecule has 0 amide bonds. The lowest BCUT2D eigenvalue weighted by molar-refractivity contribution is 0.295. The average molecular weight is 245 g/mol. The van der Waals surface area contributed by atoms with Gasteiger partial charge in [-0.2, -0.15) is 0 Å². The molecule has 0 bridgehead atoms. The quantitative estimate of drug-likeness (QED) is 0.845. The molecule has 0 aliphatic carbocycles. The van der Waals surface area contributed by atoms with E-state index in [1.807, 2.05) is 18.2 Å². The van der Waals surface area contributed by atoms with Crippen LogP contribution in [0.4, 0.5) is 0 Å². The summed E-state index contributed by atoms with van der Waals surface area (Å²) < 4.78 is 7.10. The van der Waals surface area contributed by atoms with Crippen molar-refractivity contribution < 1.29 is 4.74 Å². The first-order valence-electron chi connectivity index (χ1n) is 5.73. The molecule has 0 radical (unpaired) electrons. The van der Waals surface area contributed by atoms with Gasteiger partial charge in [-0.15, -0.1) is 0 Å². The Balaban J connectivity index is 1.88. The lowest BCUT2D eigenvalue weighted by Gasteiger charge is -2.07. The zero-order valence-corrected chi connectivity index (χ0v) is 9.95. The van der Waals surface area contributed by atoms with Crippen molar-refractivity contribution in [1.29, 1.82) is 0 Å². The second kappa shape index (κ2) is 5.97. The number of nitrogens with two attached hydrogens (primary N) is 1. The van der Waals surface area contributed by atoms with Crippen LogP contribution in [0, 0.1) is 0 Å². The van der Waals surface area contributed by atoms with Gasteiger partial charge in [0.1, 0.15) is 12.4 Å². The predicted molar refractivity (Wildman–Crippen MR) is 68.3 cm³/mol. The second-order valence-corrected chi connectivity index (χ2v) is 3.77. The van der Waals surface area contributed by atoms with Crippen LogP contribution in [0.1, 0.15) is 5.69 Å². The highest BCUT2D eigenvalue weighted by atomic mass is 16.5. The summed E-state index contributed by atoms with van der Waals surface area (Å²) in [5.41, 5.74) is 6.24. The molecule has 0 fully saturated rings. The third-order valence-corrected chi connectivity index (χ3v) is 2.51. The summed E-state index contributed by atoms with van der Waals surface area (Å²) in [6.07, 6.45) is 3.37. The number of aromatic nitrogens is 2. The van der Waals surface area contributed by atoms with E-state index >= 15 is 0 Å². The molecule has 2 aromatic heterocycles. The molecule has 0 saturated heterocycles. The maximum atomic E-state index is 11.4. The maximum absolute atomic E-state index is 11.4. The number of hydrogen-bond donors (Lipinski definition) is 1. The lowest BCUT2D eigenvalue weighted by atomic mass is 10.3. The molecular formula is C13H15N3O2. The number of hydrogen-bond acceptors (Lipinski definition) is 4. The molecule has 0 aromatic carbocycles. The van der Waals surface area contributed by atoms with E-state index in [9.17, 15) is 4.79 Å². The molecule has 94 valence electrons. The molecule has 0 aliphatic heterocycles. The summed E-state index contributed by atoms with van der Waals surface area (Å²) >= 11 is 0. The van der Waals surface area contributed by atoms with Gasteiger partial charge < -0.3 is 15.0 Å². The summed E-state index contributed by atoms with van der Waals surface area (Å²) in [5.74, 6) is 0.677. The Morgan fingerprint density at radius 3 is 2.83 bits per heavy atom. The highest BCUT2D eigenvalue weighted by Gasteiger charge is 1.97. The highest BCUT2D eigenvalue weighted by Crippen LogP contribution is 2.08. The van der Waals surface area contributed by atoms with E-state index in [2.05, 4.69) is 4.98 Å². The summed E-state index contributed by atoms with van der Waals surface area (Å²) in [4.78, 5) is 15.5. The summed E-state index contributed by atoms with van der Waals surface area (Å²) in [7, 11) is 0. The minimum Gasteiger partial charge on any atom is -0.490 e. The van der Waals surface area contributed by atoms with Gasteiger partial charge in [0.25, 0.3) is 5.56 Å². The Labute approximate surface area is 105 Å². The molecule has 2 aromatic rings. The van der Waals surface area contributed by atoms with Crippen molar-refractivity contribution in [2.75, 3.05) is 6.61 Å². The van der Waals surface area contributed by atoms with Gasteiger partial charge in [0.2, 0.25) is 0 Å². The van der Waals surface area contributed by atoms with Gasteiger partial charge in [-0.05, 0) is 18.2 Å². The third kappa shape index (κ3) is 3.18. The van der Waals surface area contributed by atoms with E-state index in [0.717, 1.165) is 5.69 Å². The van der Waals surface area contributed by atoms with Crippen LogP contribution in [0.25, 0.3) is 0 Å². The zero-order valence-electron chi connectivity index (χ0n) is 9.95. The normalized spacial score (nSPS) is 10.3. The van der Waals surface area contributed by atoms with Crippen molar-refractivity contribution in [3.8, 4) is 5.75 Å². The van der Waals surface area contributed by atoms with Crippen LogP contribution in [0.15, 0.2) is 47.5 Å². The van der Waals surface area contributed by atoms with Gasteiger partial charge in [0.15, 0.2) is 0 Å². The molecule has 18 heavy (non-hydrogen) atoms. The minimum atomic E-state index is -0.0299. The van der Waals surface area contributed by atoms with Crippen molar-refractivity contribution in [2.45, 2.75) is 13.1 Å². The van der Waals surface area contributed by atoms with Crippen LogP contribution >= 0.6 is 0 Å². The molecule has 2 heterocycles. The summed E-state index contributed by atoms with van der Waals surface area (Å²) in [6.45, 7) is 1.35. The Morgan fingerprint density at radius 1 is 1.28 bits per heavy atom. The van der Waals surface area contributed by atoms with Gasteiger partial charge in [0.05, 0.1) is 18.4 Å². The smallest absolute Gasteiger partial charge is 0.250 e. The van der Waals surface area contributed by atoms with Crippen LogP contribution < -0.4 is 16.0 Å². The van der Waals surface area contributed by atoms with Crippen LogP contribution in [0.2, 0.25) is 0 Å². The number of pyridine rings is 2. The van der Waals surface area contributed by atoms with Gasteiger partial charge in [0, 0.05) is 18.8 Å². The van der Waals surface area contributed by atoms with Crippen LogP contribution in [0.3, 0.4) is 0 Å². The SMILES string of the molecule is NCc1ccc(OCCn2ccccc2=O)cn1. The number of nitrogens with zero attached hydrogens (tertiary/aromatic N) is 2. The van der Waals surface area contributed by atoms with E-state index in [4.69, 9.17) is 10.5 Å². The van der Waals surface area contributed by atoms with E-state index in [1.54, 1.807) is 23.0 Å². The lowest BCUT2D eigenvalue weighted by Crippen LogP contribution is -2.21. The predicted octanol–water partition coefficient (Wildman–Crippen LogP) is 0.781. The molecular weight excluding hydrogens is 230 g/mol. The van der Waals surface area contributed by atoms with E-state index in [0.29, 0.717) is 25.4 Å². The molecule has 0 spiro atoms. The van der Waals surface area contributed by atoms with Gasteiger partial charge in [-0.1, -0.05) is 6.07 Å². The van der Waals surface area contributed by atoms with Crippen molar-refractivity contribution in [2.24, 2.45) is 5.73 Å². The Hall–Kier alpha value is -2.14. The van der Waals surface area contributed by atoms with Crippen LogP contribution in [-0.4, -0.2) is 16.2 Å². The third-order valence-electron chi connectivity index (χ3n) is 2.51. The fourth-order valence-electron chi connectivity index (χ4n) is 1.52. The fraction of sp³-hybridized carbons (Fsp3) is 0.231. The largest absolute Gasteiger partial charge is 0.490 e. The number of ether oxygens (including phenoxy) is 1. The van der Waals surface area contributed by atoms with Crippen LogP contribution in [-0.2, 0) is 13.1 Å². The van der Waals surface area contributed by atoms with Crippen molar-refractivity contribution >= 4 is 0 Å². The topological polar surface area (TPSA) is 70.1 Å². The van der Waals surface area contributed by atoms with Gasteiger partial charge in [-0.25, -0.2) is 0 Å². The minimum absolute atomic E-state index is 0.0299. The molecule has 0 aliphatic rings. The Bertz CT molecular complexity index is 549. The van der Waals surface area contributed by atoms with E-state index in [1.165, 1.54) is 6.07 Å². The Morgan fingerprint density at radius 2 is 2.17 bits per heavy atom. The van der Waals surface area contributed by atoms with E-state index < -0.39 is 0 Å². The van der Waals surface area contributed by atoms with Crippen molar-refractivity contribution in [3.63, 3.8) is 0 Å². The Kier molecular flexibility index (Phi) is 4.09. The van der Waals surface area contributed by atoms with Crippen molar-refractivity contribution in [1.82, 2.24) is 9.55 Å². The second-order valence-electron chi connectivity index (χ2n) is 3.77. The van der Waals surface area contributed by atoms with Gasteiger partial charge in [-0.3, -0.25) is 9.78 Å². The highest BCUT2D eigenvalue weighted by molar-refractivity contribution is 5.19. The molecule has 2 N–H and O–H groups in total. The summed E-state index contributed by atoms with van der Waals surface area (Å²) in [6, 6.07) is 8.71. The molecule has 2 rings (SSSR count). The zero-order chi connectivity index (χ0) is 12.8. The molecule has 5 nitrogen and oxygen atoms in total. The number of rotatable bonds is 5. The first-order valence-corrected chi connectivity index (χ1v) is 5.73. The first-order chi connectivity index (χ1) is 8.79. The molecule has 0 saturated carbocycles. The van der Waals surface area contributed by atoms with Crippen LogP contribution in [0.5, 0.6) is 5.75 Å². The summed E-state index contributed by atoms with van der Waals surface area (Å²) in [5, 5.41) is 0. The van der Waals surface area contributed by atoms with Gasteiger partial charge >= 0.3 is 0 Å². The maximum Gasteiger partial charge on any atom is 0.250 e. The molecule has 0 atom stereocenters. The average Bonchev–Trinajstić information content (AvgIpc) is 2.42. The fourth-order valence-corrected chi connectivity index (χ4v) is 1.52. The van der Waals surface area contributed by atoms with Crippen molar-refractivity contribution in [3.05, 3.63) is 58.8 Å². The first kappa shape index (κ1) is 12.3. The molecule has 0 unspecified atom stereocenters. The van der Waals surface area contributed by atoms with E-state index in [-0.39, 0.29) is 5.56 Å². The standard InChI is InChI=1S/C13H15N3O2/c14-9-11-4-5-12(10-15-11)18-8-7-16-6-2-1-3-13(16)17/h1-6,10H,7-9,14H2.